The molecule has 1 aromatic carbocycles. The summed E-state index contributed by atoms with van der Waals surface area (Å²) in [5.41, 5.74) is 1.33. The molecular weight excluding hydrogens is 428 g/mol. The van der Waals surface area contributed by atoms with Crippen molar-refractivity contribution in [3.8, 4) is 0 Å². The van der Waals surface area contributed by atoms with Crippen molar-refractivity contribution in [2.24, 2.45) is 17.8 Å². The van der Waals surface area contributed by atoms with Crippen LogP contribution in [0.2, 0.25) is 0 Å². The number of fused-ring (bicyclic) bond motifs is 1. The van der Waals surface area contributed by atoms with Crippen LogP contribution >= 0.6 is 0 Å². The molecule has 0 spiro atoms. The second-order valence-corrected chi connectivity index (χ2v) is 10.2. The molecule has 1 aromatic rings. The Morgan fingerprint density at radius 3 is 2.12 bits per heavy atom. The number of rotatable bonds is 9. The lowest BCUT2D eigenvalue weighted by molar-refractivity contribution is -0.148. The van der Waals surface area contributed by atoms with E-state index in [0.29, 0.717) is 25.8 Å². The minimum atomic E-state index is -0.715. The third kappa shape index (κ3) is 5.76. The third-order valence-corrected chi connectivity index (χ3v) is 7.29. The fraction of sp³-hybridized carbons (Fsp3) is 0.593. The number of nitrogens with one attached hydrogen (secondary N) is 1. The highest BCUT2D eigenvalue weighted by atomic mass is 16.2. The molecule has 0 saturated carbocycles. The fourth-order valence-corrected chi connectivity index (χ4v) is 5.38. The maximum atomic E-state index is 13.2. The summed E-state index contributed by atoms with van der Waals surface area (Å²) >= 11 is 0. The van der Waals surface area contributed by atoms with Crippen LogP contribution in [0, 0.1) is 17.8 Å². The monoisotopic (exact) mass is 466 g/mol. The van der Waals surface area contributed by atoms with Gasteiger partial charge in [0.1, 0.15) is 6.04 Å². The Balaban J connectivity index is 1.26. The number of carbonyl (C=O) groups is 3. The van der Waals surface area contributed by atoms with Crippen molar-refractivity contribution in [1.82, 2.24) is 20.0 Å². The topological polar surface area (TPSA) is 73.0 Å². The third-order valence-electron chi connectivity index (χ3n) is 7.29. The molecule has 2 fully saturated rings. The highest BCUT2D eigenvalue weighted by molar-refractivity contribution is 6.08. The summed E-state index contributed by atoms with van der Waals surface area (Å²) in [5, 5.41) is 3.03. The van der Waals surface area contributed by atoms with Crippen molar-refractivity contribution in [1.29, 1.82) is 0 Å². The fourth-order valence-electron chi connectivity index (χ4n) is 5.38. The number of hydrogen-bond donors (Lipinski definition) is 1. The van der Waals surface area contributed by atoms with Crippen LogP contribution in [0.3, 0.4) is 0 Å². The Kier molecular flexibility index (Phi) is 8.16. The molecule has 34 heavy (non-hydrogen) atoms. The van der Waals surface area contributed by atoms with Gasteiger partial charge in [0.05, 0.1) is 11.8 Å². The zero-order valence-electron chi connectivity index (χ0n) is 20.5. The van der Waals surface area contributed by atoms with E-state index < -0.39 is 6.04 Å². The lowest BCUT2D eigenvalue weighted by atomic mass is 9.85. The largest absolute Gasteiger partial charge is 0.353 e. The first-order valence-corrected chi connectivity index (χ1v) is 12.7. The maximum absolute atomic E-state index is 13.2. The Hall–Kier alpha value is -2.51. The molecule has 1 aliphatic carbocycles. The molecule has 3 aliphatic rings. The van der Waals surface area contributed by atoms with Gasteiger partial charge >= 0.3 is 0 Å². The summed E-state index contributed by atoms with van der Waals surface area (Å²) in [7, 11) is 0. The Labute approximate surface area is 203 Å². The van der Waals surface area contributed by atoms with Crippen molar-refractivity contribution in [3.05, 3.63) is 48.0 Å². The van der Waals surface area contributed by atoms with E-state index in [1.54, 1.807) is 0 Å². The first-order valence-electron chi connectivity index (χ1n) is 12.7. The van der Waals surface area contributed by atoms with E-state index in [9.17, 15) is 14.4 Å². The standard InChI is InChI=1S/C27H38N4O3/c1-20(2)18-24(31-26(33)22-10-6-7-11-23(22)27(31)34)25(32)28-12-13-29-14-16-30(17-15-29)19-21-8-4-3-5-9-21/h3-9,20,22-24H,10-19H2,1-2H3,(H,28,32). The molecule has 0 radical (unpaired) electrons. The number of piperazine rings is 1. The van der Waals surface area contributed by atoms with Crippen molar-refractivity contribution in [2.75, 3.05) is 39.3 Å². The van der Waals surface area contributed by atoms with E-state index >= 15 is 0 Å². The summed E-state index contributed by atoms with van der Waals surface area (Å²) < 4.78 is 0. The number of nitrogens with zero attached hydrogens (tertiary/aromatic N) is 3. The average molecular weight is 467 g/mol. The lowest BCUT2D eigenvalue weighted by Crippen LogP contribution is -2.52. The van der Waals surface area contributed by atoms with E-state index in [1.165, 1.54) is 10.5 Å². The quantitative estimate of drug-likeness (QED) is 0.447. The average Bonchev–Trinajstić information content (AvgIpc) is 3.09. The minimum absolute atomic E-state index is 0.172. The minimum Gasteiger partial charge on any atom is -0.353 e. The van der Waals surface area contributed by atoms with Gasteiger partial charge in [-0.05, 0) is 30.7 Å². The van der Waals surface area contributed by atoms with E-state index in [0.717, 1.165) is 39.3 Å². The second kappa shape index (κ2) is 11.3. The number of allylic oxidation sites excluding steroid dienone is 2. The molecule has 0 aromatic heterocycles. The van der Waals surface area contributed by atoms with Crippen molar-refractivity contribution < 1.29 is 14.4 Å². The number of hydrogen-bond acceptors (Lipinski definition) is 5. The van der Waals surface area contributed by atoms with Gasteiger partial charge in [0.25, 0.3) is 0 Å². The summed E-state index contributed by atoms with van der Waals surface area (Å²) in [6, 6.07) is 9.81. The first-order chi connectivity index (χ1) is 16.4. The van der Waals surface area contributed by atoms with Gasteiger partial charge in [-0.2, -0.15) is 0 Å². The second-order valence-electron chi connectivity index (χ2n) is 10.2. The van der Waals surface area contributed by atoms with Gasteiger partial charge in [0.2, 0.25) is 17.7 Å². The number of benzene rings is 1. The molecule has 2 heterocycles. The molecule has 2 saturated heterocycles. The normalized spacial score (nSPS) is 24.5. The maximum Gasteiger partial charge on any atom is 0.243 e. The highest BCUT2D eigenvalue weighted by Gasteiger charge is 2.51. The van der Waals surface area contributed by atoms with E-state index in [-0.39, 0.29) is 35.5 Å². The van der Waals surface area contributed by atoms with E-state index in [2.05, 4.69) is 39.4 Å². The van der Waals surface area contributed by atoms with Crippen LogP contribution < -0.4 is 5.32 Å². The summed E-state index contributed by atoms with van der Waals surface area (Å²) in [4.78, 5) is 45.4. The SMILES string of the molecule is CC(C)CC(C(=O)NCCN1CCN(Cc2ccccc2)CC1)N1C(=O)C2CC=CCC2C1=O. The zero-order valence-corrected chi connectivity index (χ0v) is 20.5. The van der Waals surface area contributed by atoms with Crippen LogP contribution in [-0.2, 0) is 20.9 Å². The molecule has 2 aliphatic heterocycles. The Morgan fingerprint density at radius 1 is 0.941 bits per heavy atom. The molecule has 3 amide bonds. The van der Waals surface area contributed by atoms with E-state index in [1.807, 2.05) is 32.1 Å². The molecule has 3 atom stereocenters. The van der Waals surface area contributed by atoms with Crippen LogP contribution in [0.4, 0.5) is 0 Å². The summed E-state index contributed by atoms with van der Waals surface area (Å²) in [5.74, 6) is -0.942. The van der Waals surface area contributed by atoms with E-state index in [4.69, 9.17) is 0 Å². The molecule has 1 N–H and O–H groups in total. The molecule has 0 bridgehead atoms. The van der Waals surface area contributed by atoms with Gasteiger partial charge < -0.3 is 5.32 Å². The van der Waals surface area contributed by atoms with Gasteiger partial charge in [-0.25, -0.2) is 0 Å². The molecule has 184 valence electrons. The smallest absolute Gasteiger partial charge is 0.243 e. The van der Waals surface area contributed by atoms with Gasteiger partial charge in [0.15, 0.2) is 0 Å². The number of imide groups is 1. The van der Waals surface area contributed by atoms with Crippen LogP contribution in [0.15, 0.2) is 42.5 Å². The number of likely N-dealkylation sites (tertiary alicyclic amines) is 1. The van der Waals surface area contributed by atoms with Crippen LogP contribution in [0.25, 0.3) is 0 Å². The van der Waals surface area contributed by atoms with Crippen LogP contribution in [0.5, 0.6) is 0 Å². The zero-order chi connectivity index (χ0) is 24.1. The van der Waals surface area contributed by atoms with Crippen molar-refractivity contribution in [3.63, 3.8) is 0 Å². The molecule has 4 rings (SSSR count). The number of amides is 3. The van der Waals surface area contributed by atoms with Gasteiger partial charge in [-0.3, -0.25) is 29.1 Å². The van der Waals surface area contributed by atoms with Crippen LogP contribution in [-0.4, -0.2) is 77.7 Å². The molecule has 7 nitrogen and oxygen atoms in total. The van der Waals surface area contributed by atoms with Gasteiger partial charge in [-0.15, -0.1) is 0 Å². The molecule has 7 heteroatoms. The first kappa shape index (κ1) is 24.6. The summed E-state index contributed by atoms with van der Waals surface area (Å²) in [6.45, 7) is 10.3. The van der Waals surface area contributed by atoms with Gasteiger partial charge in [-0.1, -0.05) is 56.3 Å². The Morgan fingerprint density at radius 2 is 1.53 bits per heavy atom. The lowest BCUT2D eigenvalue weighted by Gasteiger charge is -2.35. The highest BCUT2D eigenvalue weighted by Crippen LogP contribution is 2.37. The summed E-state index contributed by atoms with van der Waals surface area (Å²) in [6.07, 6.45) is 5.64. The predicted octanol–water partition coefficient (Wildman–Crippen LogP) is 2.29. The predicted molar refractivity (Wildman–Crippen MR) is 132 cm³/mol. The van der Waals surface area contributed by atoms with Crippen molar-refractivity contribution in [2.45, 2.75) is 45.7 Å². The molecular formula is C27H38N4O3. The number of carbonyl (C=O) groups excluding carboxylic acids is 3. The van der Waals surface area contributed by atoms with Crippen LogP contribution in [0.1, 0.15) is 38.7 Å². The molecule has 3 unspecified atom stereocenters. The Bertz CT molecular complexity index is 866. The van der Waals surface area contributed by atoms with Crippen molar-refractivity contribution >= 4 is 17.7 Å². The van der Waals surface area contributed by atoms with Gasteiger partial charge in [0, 0.05) is 45.8 Å².